The molecule has 0 amide bonds. The summed E-state index contributed by atoms with van der Waals surface area (Å²) in [6.45, 7) is 14.7. The van der Waals surface area contributed by atoms with Gasteiger partial charge in [0.05, 0.1) is 5.39 Å². The minimum atomic E-state index is -0.0738. The van der Waals surface area contributed by atoms with Gasteiger partial charge in [0.1, 0.15) is 0 Å². The first-order valence-corrected chi connectivity index (χ1v) is 9.90. The molecule has 3 aromatic rings. The Balaban J connectivity index is 0. The Kier molecular flexibility index (Phi) is 16.1. The van der Waals surface area contributed by atoms with Crippen molar-refractivity contribution in [3.8, 4) is 0 Å². The predicted octanol–water partition coefficient (Wildman–Crippen LogP) is 5.93. The van der Waals surface area contributed by atoms with Crippen molar-refractivity contribution < 1.29 is 18.6 Å². The van der Waals surface area contributed by atoms with Crippen molar-refractivity contribution in [1.82, 2.24) is 9.78 Å². The van der Waals surface area contributed by atoms with Crippen molar-refractivity contribution in [1.29, 1.82) is 0 Å². The fraction of sp³-hybridized carbons (Fsp3) is 0.391. The molecule has 0 unspecified atom stereocenters. The molecule has 2 aromatic carbocycles. The quantitative estimate of drug-likeness (QED) is 0.571. The summed E-state index contributed by atoms with van der Waals surface area (Å²) in [4.78, 5) is 12.1. The maximum Gasteiger partial charge on any atom is 0.274 e. The summed E-state index contributed by atoms with van der Waals surface area (Å²) in [6, 6.07) is 15.9. The molecule has 4 nitrogen and oxygen atoms in total. The number of aromatic nitrogens is 2. The first kappa shape index (κ1) is 28.2. The SMILES string of the molecule is CC.CC.CC.Cc1ccc2c(=O)n(C)nc(NCc3ccccc3)c2c1.[V]. The minimum Gasteiger partial charge on any atom is -0.364 e. The zero-order chi connectivity index (χ0) is 20.8. The molecule has 1 heterocycles. The molecular formula is C23H35N3OV. The summed E-state index contributed by atoms with van der Waals surface area (Å²) in [5, 5.41) is 9.24. The van der Waals surface area contributed by atoms with E-state index >= 15 is 0 Å². The normalized spacial score (nSPS) is 8.71. The largest absolute Gasteiger partial charge is 0.364 e. The number of aryl methyl sites for hydroxylation is 2. The van der Waals surface area contributed by atoms with Crippen LogP contribution in [0.2, 0.25) is 0 Å². The molecule has 0 fully saturated rings. The van der Waals surface area contributed by atoms with Gasteiger partial charge in [-0.2, -0.15) is 5.10 Å². The molecular weight excluding hydrogens is 385 g/mol. The molecule has 0 aliphatic heterocycles. The monoisotopic (exact) mass is 420 g/mol. The van der Waals surface area contributed by atoms with Crippen LogP contribution in [0.3, 0.4) is 0 Å². The van der Waals surface area contributed by atoms with Crippen LogP contribution in [-0.4, -0.2) is 9.78 Å². The number of hydrogen-bond donors (Lipinski definition) is 1. The van der Waals surface area contributed by atoms with E-state index in [1.807, 2.05) is 84.9 Å². The third-order valence-electron chi connectivity index (χ3n) is 3.51. The first-order chi connectivity index (χ1) is 13.1. The van der Waals surface area contributed by atoms with Crippen molar-refractivity contribution in [2.45, 2.75) is 55.0 Å². The van der Waals surface area contributed by atoms with Gasteiger partial charge in [-0.15, -0.1) is 0 Å². The average molecular weight is 420 g/mol. The van der Waals surface area contributed by atoms with Gasteiger partial charge in [-0.05, 0) is 24.6 Å². The van der Waals surface area contributed by atoms with Crippen LogP contribution >= 0.6 is 0 Å². The van der Waals surface area contributed by atoms with Crippen LogP contribution in [0.1, 0.15) is 52.7 Å². The van der Waals surface area contributed by atoms with Gasteiger partial charge >= 0.3 is 0 Å². The molecule has 153 valence electrons. The van der Waals surface area contributed by atoms with Crippen molar-refractivity contribution in [2.24, 2.45) is 7.05 Å². The van der Waals surface area contributed by atoms with E-state index in [9.17, 15) is 4.79 Å². The zero-order valence-corrected chi connectivity index (χ0v) is 20.0. The van der Waals surface area contributed by atoms with E-state index in [0.717, 1.165) is 16.8 Å². The molecule has 0 spiro atoms. The molecule has 1 radical (unpaired) electrons. The Morgan fingerprint density at radius 3 is 2.04 bits per heavy atom. The number of nitrogens with one attached hydrogen (secondary N) is 1. The molecule has 28 heavy (non-hydrogen) atoms. The molecule has 0 aliphatic rings. The molecule has 0 atom stereocenters. The Hall–Kier alpha value is -2.04. The fourth-order valence-corrected chi connectivity index (χ4v) is 2.38. The van der Waals surface area contributed by atoms with Crippen LogP contribution in [0.5, 0.6) is 0 Å². The molecule has 0 bridgehead atoms. The number of anilines is 1. The van der Waals surface area contributed by atoms with Gasteiger partial charge in [-0.1, -0.05) is 83.5 Å². The van der Waals surface area contributed by atoms with Crippen LogP contribution in [0.4, 0.5) is 5.82 Å². The summed E-state index contributed by atoms with van der Waals surface area (Å²) in [6.07, 6.45) is 0. The molecule has 3 rings (SSSR count). The van der Waals surface area contributed by atoms with E-state index in [0.29, 0.717) is 11.9 Å². The molecule has 1 N–H and O–H groups in total. The smallest absolute Gasteiger partial charge is 0.274 e. The Labute approximate surface area is 182 Å². The van der Waals surface area contributed by atoms with Gasteiger partial charge in [-0.25, -0.2) is 4.68 Å². The first-order valence-electron chi connectivity index (χ1n) is 9.90. The van der Waals surface area contributed by atoms with Crippen LogP contribution in [0.25, 0.3) is 10.8 Å². The average Bonchev–Trinajstić information content (AvgIpc) is 2.75. The summed E-state index contributed by atoms with van der Waals surface area (Å²) >= 11 is 0. The van der Waals surface area contributed by atoms with Crippen LogP contribution in [0.15, 0.2) is 53.3 Å². The molecule has 5 heteroatoms. The van der Waals surface area contributed by atoms with Crippen molar-refractivity contribution >= 4 is 16.6 Å². The van der Waals surface area contributed by atoms with Crippen LogP contribution in [0, 0.1) is 6.92 Å². The number of hydrogen-bond acceptors (Lipinski definition) is 3. The third-order valence-corrected chi connectivity index (χ3v) is 3.51. The van der Waals surface area contributed by atoms with Crippen molar-refractivity contribution in [3.05, 3.63) is 70.0 Å². The van der Waals surface area contributed by atoms with Crippen molar-refractivity contribution in [2.75, 3.05) is 5.32 Å². The topological polar surface area (TPSA) is 46.9 Å². The van der Waals surface area contributed by atoms with Crippen molar-refractivity contribution in [3.63, 3.8) is 0 Å². The second-order valence-corrected chi connectivity index (χ2v) is 5.17. The number of rotatable bonds is 3. The molecule has 1 aromatic heterocycles. The van der Waals surface area contributed by atoms with Gasteiger partial charge in [0.15, 0.2) is 5.82 Å². The molecule has 0 saturated heterocycles. The zero-order valence-electron chi connectivity index (χ0n) is 18.6. The van der Waals surface area contributed by atoms with Crippen LogP contribution in [-0.2, 0) is 32.1 Å². The van der Waals surface area contributed by atoms with Gasteiger partial charge in [0, 0.05) is 37.5 Å². The van der Waals surface area contributed by atoms with E-state index in [-0.39, 0.29) is 24.1 Å². The predicted molar refractivity (Wildman–Crippen MR) is 120 cm³/mol. The number of fused-ring (bicyclic) bond motifs is 1. The maximum absolute atomic E-state index is 12.1. The van der Waals surface area contributed by atoms with E-state index in [2.05, 4.69) is 22.5 Å². The number of benzene rings is 2. The van der Waals surface area contributed by atoms with Gasteiger partial charge < -0.3 is 5.32 Å². The third kappa shape index (κ3) is 7.91. The van der Waals surface area contributed by atoms with Gasteiger partial charge in [0.25, 0.3) is 5.56 Å². The summed E-state index contributed by atoms with van der Waals surface area (Å²) in [5.41, 5.74) is 2.21. The Morgan fingerprint density at radius 2 is 1.46 bits per heavy atom. The summed E-state index contributed by atoms with van der Waals surface area (Å²) in [5.74, 6) is 0.736. The fourth-order valence-electron chi connectivity index (χ4n) is 2.38. The summed E-state index contributed by atoms with van der Waals surface area (Å²) in [7, 11) is 1.68. The minimum absolute atomic E-state index is 0. The second kappa shape index (κ2) is 16.0. The van der Waals surface area contributed by atoms with E-state index < -0.39 is 0 Å². The maximum atomic E-state index is 12.1. The Morgan fingerprint density at radius 1 is 0.893 bits per heavy atom. The van der Waals surface area contributed by atoms with Gasteiger partial charge in [0.2, 0.25) is 0 Å². The van der Waals surface area contributed by atoms with E-state index in [4.69, 9.17) is 0 Å². The van der Waals surface area contributed by atoms with Gasteiger partial charge in [-0.3, -0.25) is 4.79 Å². The van der Waals surface area contributed by atoms with E-state index in [1.54, 1.807) is 7.05 Å². The number of nitrogens with zero attached hydrogens (tertiary/aromatic N) is 2. The standard InChI is InChI=1S/C17H17N3O.3C2H6.V/c1-12-8-9-14-15(10-12)16(19-20(2)17(14)21)18-11-13-6-4-3-5-7-13;3*1-2;/h3-10H,11H2,1-2H3,(H,18,19);3*1-2H3;. The molecule has 0 aliphatic carbocycles. The Bertz CT molecular complexity index is 846. The van der Waals surface area contributed by atoms with Crippen LogP contribution < -0.4 is 10.9 Å². The molecule has 0 saturated carbocycles. The van der Waals surface area contributed by atoms with E-state index in [1.165, 1.54) is 10.2 Å². The summed E-state index contributed by atoms with van der Waals surface area (Å²) < 4.78 is 1.38. The second-order valence-electron chi connectivity index (χ2n) is 5.17.